The number of nitrogens with zero attached hydrogens (tertiary/aromatic N) is 3. The van der Waals surface area contributed by atoms with Crippen molar-refractivity contribution < 1.29 is 4.74 Å². The number of morpholine rings is 1. The monoisotopic (exact) mass is 260 g/mol. The molecule has 3 rings (SSSR count). The Balaban J connectivity index is 1.67. The van der Waals surface area contributed by atoms with Gasteiger partial charge < -0.3 is 14.9 Å². The van der Waals surface area contributed by atoms with Gasteiger partial charge in [0.1, 0.15) is 5.65 Å². The van der Waals surface area contributed by atoms with Crippen molar-refractivity contribution >= 4 is 5.65 Å². The van der Waals surface area contributed by atoms with Gasteiger partial charge in [0.2, 0.25) is 0 Å². The molecule has 0 atom stereocenters. The molecular weight excluding hydrogens is 240 g/mol. The van der Waals surface area contributed by atoms with Gasteiger partial charge in [0, 0.05) is 45.0 Å². The van der Waals surface area contributed by atoms with Crippen LogP contribution in [0.4, 0.5) is 0 Å². The summed E-state index contributed by atoms with van der Waals surface area (Å²) in [7, 11) is 0. The van der Waals surface area contributed by atoms with E-state index in [2.05, 4.69) is 26.5 Å². The third kappa shape index (κ3) is 2.94. The van der Waals surface area contributed by atoms with E-state index in [1.165, 1.54) is 0 Å². The van der Waals surface area contributed by atoms with Crippen LogP contribution in [0, 0.1) is 0 Å². The Morgan fingerprint density at radius 1 is 1.32 bits per heavy atom. The molecule has 3 heterocycles. The van der Waals surface area contributed by atoms with Gasteiger partial charge in [0.05, 0.1) is 18.9 Å². The number of ether oxygens (including phenoxy) is 1. The maximum Gasteiger partial charge on any atom is 0.137 e. The molecule has 0 amide bonds. The predicted molar refractivity (Wildman–Crippen MR) is 74.0 cm³/mol. The maximum absolute atomic E-state index is 5.65. The van der Waals surface area contributed by atoms with Gasteiger partial charge in [-0.3, -0.25) is 4.90 Å². The lowest BCUT2D eigenvalue weighted by Crippen LogP contribution is -2.37. The average molecular weight is 260 g/mol. The van der Waals surface area contributed by atoms with Crippen LogP contribution in [0.3, 0.4) is 0 Å². The Labute approximate surface area is 113 Å². The molecule has 0 radical (unpaired) electrons. The van der Waals surface area contributed by atoms with Gasteiger partial charge in [-0.1, -0.05) is 0 Å². The van der Waals surface area contributed by atoms with E-state index in [0.717, 1.165) is 56.2 Å². The minimum Gasteiger partial charge on any atom is -0.379 e. The van der Waals surface area contributed by atoms with Crippen LogP contribution in [0.15, 0.2) is 24.5 Å². The van der Waals surface area contributed by atoms with Gasteiger partial charge in [-0.05, 0) is 17.7 Å². The van der Waals surface area contributed by atoms with Gasteiger partial charge in [0.15, 0.2) is 0 Å². The third-order valence-corrected chi connectivity index (χ3v) is 3.60. The van der Waals surface area contributed by atoms with Gasteiger partial charge in [-0.25, -0.2) is 4.98 Å². The van der Waals surface area contributed by atoms with Gasteiger partial charge in [0.25, 0.3) is 0 Å². The zero-order valence-electron chi connectivity index (χ0n) is 11.1. The molecule has 5 heteroatoms. The van der Waals surface area contributed by atoms with E-state index < -0.39 is 0 Å². The number of nitrogens with two attached hydrogens (primary N) is 1. The van der Waals surface area contributed by atoms with Gasteiger partial charge in [-0.2, -0.15) is 0 Å². The van der Waals surface area contributed by atoms with Crippen LogP contribution in [-0.2, 0) is 17.7 Å². The molecule has 1 fully saturated rings. The summed E-state index contributed by atoms with van der Waals surface area (Å²) >= 11 is 0. The van der Waals surface area contributed by atoms with Crippen LogP contribution in [0.5, 0.6) is 0 Å². The van der Waals surface area contributed by atoms with E-state index in [4.69, 9.17) is 10.5 Å². The molecule has 0 spiro atoms. The van der Waals surface area contributed by atoms with E-state index in [0.29, 0.717) is 6.54 Å². The lowest BCUT2D eigenvalue weighted by atomic mass is 10.3. The normalized spacial score (nSPS) is 17.1. The molecule has 102 valence electrons. The van der Waals surface area contributed by atoms with E-state index in [1.54, 1.807) is 0 Å². The van der Waals surface area contributed by atoms with Crippen LogP contribution in [0.25, 0.3) is 5.65 Å². The molecule has 1 aliphatic heterocycles. The number of fused-ring (bicyclic) bond motifs is 1. The molecule has 0 aliphatic carbocycles. The lowest BCUT2D eigenvalue weighted by Gasteiger charge is -2.26. The van der Waals surface area contributed by atoms with Crippen molar-refractivity contribution in [2.24, 2.45) is 5.73 Å². The smallest absolute Gasteiger partial charge is 0.137 e. The molecule has 0 aromatic carbocycles. The number of hydrogen-bond acceptors (Lipinski definition) is 4. The zero-order chi connectivity index (χ0) is 13.1. The number of imidazole rings is 1. The van der Waals surface area contributed by atoms with Crippen molar-refractivity contribution in [3.8, 4) is 0 Å². The quantitative estimate of drug-likeness (QED) is 0.878. The van der Waals surface area contributed by atoms with Gasteiger partial charge in [-0.15, -0.1) is 0 Å². The standard InChI is InChI=1S/C14H20N4O/c15-10-12-1-4-18-11-13(16-14(18)9-12)2-3-17-5-7-19-8-6-17/h1,4,9,11H,2-3,5-8,10,15H2. The molecule has 1 aliphatic rings. The molecule has 0 saturated carbocycles. The topological polar surface area (TPSA) is 55.8 Å². The fraction of sp³-hybridized carbons (Fsp3) is 0.500. The van der Waals surface area contributed by atoms with E-state index in [1.807, 2.05) is 12.3 Å². The molecule has 1 saturated heterocycles. The minimum absolute atomic E-state index is 0.562. The number of hydrogen-bond donors (Lipinski definition) is 1. The summed E-state index contributed by atoms with van der Waals surface area (Å²) in [5.74, 6) is 0. The summed E-state index contributed by atoms with van der Waals surface area (Å²) in [4.78, 5) is 7.08. The van der Waals surface area contributed by atoms with Crippen molar-refractivity contribution in [1.29, 1.82) is 0 Å². The maximum atomic E-state index is 5.65. The summed E-state index contributed by atoms with van der Waals surface area (Å²) in [6, 6.07) is 4.10. The van der Waals surface area contributed by atoms with E-state index in [-0.39, 0.29) is 0 Å². The largest absolute Gasteiger partial charge is 0.379 e. The molecule has 0 bridgehead atoms. The molecule has 2 N–H and O–H groups in total. The first kappa shape index (κ1) is 12.6. The highest BCUT2D eigenvalue weighted by atomic mass is 16.5. The molecule has 5 nitrogen and oxygen atoms in total. The number of pyridine rings is 1. The Morgan fingerprint density at radius 2 is 2.16 bits per heavy atom. The van der Waals surface area contributed by atoms with Crippen LogP contribution in [0.2, 0.25) is 0 Å². The predicted octanol–water partition coefficient (Wildman–Crippen LogP) is 0.668. The lowest BCUT2D eigenvalue weighted by molar-refractivity contribution is 0.0383. The second kappa shape index (κ2) is 5.69. The first-order chi connectivity index (χ1) is 9.35. The van der Waals surface area contributed by atoms with Crippen LogP contribution in [0.1, 0.15) is 11.3 Å². The zero-order valence-corrected chi connectivity index (χ0v) is 11.1. The SMILES string of the molecule is NCc1ccn2cc(CCN3CCOCC3)nc2c1. The van der Waals surface area contributed by atoms with Crippen molar-refractivity contribution in [1.82, 2.24) is 14.3 Å². The molecule has 2 aromatic rings. The summed E-state index contributed by atoms with van der Waals surface area (Å²) in [6.45, 7) is 5.38. The molecule has 0 unspecified atom stereocenters. The number of rotatable bonds is 4. The highest BCUT2D eigenvalue weighted by Gasteiger charge is 2.11. The van der Waals surface area contributed by atoms with E-state index in [9.17, 15) is 0 Å². The highest BCUT2D eigenvalue weighted by Crippen LogP contribution is 2.09. The van der Waals surface area contributed by atoms with Crippen molar-refractivity contribution in [3.05, 3.63) is 35.8 Å². The summed E-state index contributed by atoms with van der Waals surface area (Å²) in [6.07, 6.45) is 5.12. The first-order valence-corrected chi connectivity index (χ1v) is 6.82. The Bertz CT molecular complexity index is 545. The highest BCUT2D eigenvalue weighted by molar-refractivity contribution is 5.43. The Kier molecular flexibility index (Phi) is 3.77. The average Bonchev–Trinajstić information content (AvgIpc) is 2.88. The summed E-state index contributed by atoms with van der Waals surface area (Å²) < 4.78 is 7.42. The Hall–Kier alpha value is -1.43. The van der Waals surface area contributed by atoms with Gasteiger partial charge >= 0.3 is 0 Å². The third-order valence-electron chi connectivity index (χ3n) is 3.60. The van der Waals surface area contributed by atoms with Crippen LogP contribution in [-0.4, -0.2) is 47.1 Å². The van der Waals surface area contributed by atoms with Crippen molar-refractivity contribution in [2.45, 2.75) is 13.0 Å². The molecule has 2 aromatic heterocycles. The first-order valence-electron chi connectivity index (χ1n) is 6.82. The fourth-order valence-corrected chi connectivity index (χ4v) is 2.42. The van der Waals surface area contributed by atoms with Crippen LogP contribution >= 0.6 is 0 Å². The molecule has 19 heavy (non-hydrogen) atoms. The molecular formula is C14H20N4O. The Morgan fingerprint density at radius 3 is 2.95 bits per heavy atom. The van der Waals surface area contributed by atoms with Crippen molar-refractivity contribution in [3.63, 3.8) is 0 Å². The second-order valence-electron chi connectivity index (χ2n) is 4.94. The van der Waals surface area contributed by atoms with Crippen LogP contribution < -0.4 is 5.73 Å². The van der Waals surface area contributed by atoms with Crippen molar-refractivity contribution in [2.75, 3.05) is 32.8 Å². The van der Waals surface area contributed by atoms with E-state index >= 15 is 0 Å². The number of aromatic nitrogens is 2. The summed E-state index contributed by atoms with van der Waals surface area (Å²) in [5.41, 5.74) is 8.90. The fourth-order valence-electron chi connectivity index (χ4n) is 2.42. The minimum atomic E-state index is 0.562. The summed E-state index contributed by atoms with van der Waals surface area (Å²) in [5, 5.41) is 0. The second-order valence-corrected chi connectivity index (χ2v) is 4.94.